The largest absolute Gasteiger partial charge is 0.336 e. The van der Waals surface area contributed by atoms with Crippen molar-refractivity contribution in [3.63, 3.8) is 0 Å². The Morgan fingerprint density at radius 3 is 2.28 bits per heavy atom. The highest BCUT2D eigenvalue weighted by Crippen LogP contribution is 2.29. The molecule has 0 unspecified atom stereocenters. The first-order valence-corrected chi connectivity index (χ1v) is 10.7. The quantitative estimate of drug-likeness (QED) is 0.730. The van der Waals surface area contributed by atoms with Gasteiger partial charge < -0.3 is 4.90 Å². The molecule has 1 aromatic heterocycles. The number of piperazine rings is 1. The number of hydrogen-bond acceptors (Lipinski definition) is 4. The van der Waals surface area contributed by atoms with Crippen molar-refractivity contribution in [2.24, 2.45) is 0 Å². The molecule has 0 radical (unpaired) electrons. The third kappa shape index (κ3) is 3.97. The minimum atomic E-state index is -3.59. The van der Waals surface area contributed by atoms with Crippen LogP contribution in [0.15, 0.2) is 34.5 Å². The van der Waals surface area contributed by atoms with Crippen LogP contribution in [0, 0.1) is 0 Å². The summed E-state index contributed by atoms with van der Waals surface area (Å²) in [5.74, 6) is -0.260. The van der Waals surface area contributed by atoms with Gasteiger partial charge >= 0.3 is 0 Å². The monoisotopic (exact) mass is 438 g/mol. The lowest BCUT2D eigenvalue weighted by atomic mass is 10.2. The zero-order valence-corrected chi connectivity index (χ0v) is 16.7. The summed E-state index contributed by atoms with van der Waals surface area (Å²) in [4.78, 5) is 14.2. The lowest BCUT2D eigenvalue weighted by Crippen LogP contribution is -2.50. The summed E-state index contributed by atoms with van der Waals surface area (Å²) in [5.41, 5.74) is 0.315. The first kappa shape index (κ1) is 18.9. The summed E-state index contributed by atoms with van der Waals surface area (Å²) in [7, 11) is -3.59. The number of benzene rings is 1. The highest BCUT2D eigenvalue weighted by molar-refractivity contribution is 7.91. The molecule has 1 amide bonds. The van der Waals surface area contributed by atoms with Crippen molar-refractivity contribution in [2.75, 3.05) is 26.2 Å². The average molecular weight is 440 g/mol. The summed E-state index contributed by atoms with van der Waals surface area (Å²) in [5, 5.41) is 0.737. The Balaban J connectivity index is 1.71. The summed E-state index contributed by atoms with van der Waals surface area (Å²) < 4.78 is 27.1. The molecule has 0 N–H and O–H groups in total. The van der Waals surface area contributed by atoms with Gasteiger partial charge in [-0.25, -0.2) is 8.42 Å². The highest BCUT2D eigenvalue weighted by atomic mass is 35.5. The van der Waals surface area contributed by atoms with Crippen molar-refractivity contribution < 1.29 is 13.2 Å². The Kier molecular flexibility index (Phi) is 5.63. The predicted molar refractivity (Wildman–Crippen MR) is 100 cm³/mol. The van der Waals surface area contributed by atoms with Crippen molar-refractivity contribution in [1.82, 2.24) is 9.21 Å². The van der Waals surface area contributed by atoms with Gasteiger partial charge in [0.05, 0.1) is 14.9 Å². The molecule has 3 rings (SSSR count). The van der Waals surface area contributed by atoms with E-state index >= 15 is 0 Å². The van der Waals surface area contributed by atoms with Crippen LogP contribution in [0.5, 0.6) is 0 Å². The fourth-order valence-electron chi connectivity index (χ4n) is 2.53. The van der Waals surface area contributed by atoms with E-state index in [0.29, 0.717) is 19.9 Å². The van der Waals surface area contributed by atoms with E-state index < -0.39 is 10.0 Å². The van der Waals surface area contributed by atoms with E-state index in [-0.39, 0.29) is 36.3 Å². The Morgan fingerprint density at radius 1 is 1.00 bits per heavy atom. The second-order valence-corrected chi connectivity index (χ2v) is 10.1. The van der Waals surface area contributed by atoms with Crippen molar-refractivity contribution >= 4 is 62.1 Å². The third-order valence-corrected chi connectivity index (χ3v) is 7.99. The minimum Gasteiger partial charge on any atom is -0.336 e. The van der Waals surface area contributed by atoms with Gasteiger partial charge in [-0.15, -0.1) is 11.3 Å². The fourth-order valence-corrected chi connectivity index (χ4v) is 5.96. The van der Waals surface area contributed by atoms with Crippen LogP contribution in [0.25, 0.3) is 0 Å². The molecule has 1 aliphatic rings. The summed E-state index contributed by atoms with van der Waals surface area (Å²) in [6.07, 6.45) is 0. The molecule has 0 spiro atoms. The number of thiophene rings is 1. The minimum absolute atomic E-state index is 0.204. The third-order valence-electron chi connectivity index (χ3n) is 3.83. The van der Waals surface area contributed by atoms with Gasteiger partial charge in [0.15, 0.2) is 0 Å². The summed E-state index contributed by atoms with van der Waals surface area (Å²) in [6, 6.07) is 7.74. The maximum atomic E-state index is 12.6. The number of hydrogen-bond donors (Lipinski definition) is 0. The van der Waals surface area contributed by atoms with Crippen molar-refractivity contribution in [3.05, 3.63) is 50.3 Å². The molecule has 0 atom stereocenters. The highest BCUT2D eigenvalue weighted by Gasteiger charge is 2.31. The van der Waals surface area contributed by atoms with Crippen molar-refractivity contribution in [1.29, 1.82) is 0 Å². The molecule has 25 heavy (non-hydrogen) atoms. The second kappa shape index (κ2) is 7.42. The lowest BCUT2D eigenvalue weighted by Gasteiger charge is -2.33. The van der Waals surface area contributed by atoms with Gasteiger partial charge in [0.25, 0.3) is 15.9 Å². The average Bonchev–Trinajstić information content (AvgIpc) is 3.04. The van der Waals surface area contributed by atoms with E-state index in [1.54, 1.807) is 23.1 Å². The van der Waals surface area contributed by atoms with Gasteiger partial charge in [0.2, 0.25) is 0 Å². The number of rotatable bonds is 3. The van der Waals surface area contributed by atoms with Gasteiger partial charge in [-0.05, 0) is 30.3 Å². The number of halogens is 3. The molecule has 2 heterocycles. The van der Waals surface area contributed by atoms with Crippen molar-refractivity contribution in [2.45, 2.75) is 4.21 Å². The Hall–Kier alpha value is -0.830. The molecule has 1 saturated heterocycles. The number of carbonyl (C=O) groups excluding carboxylic acids is 1. The van der Waals surface area contributed by atoms with E-state index in [0.717, 1.165) is 11.3 Å². The van der Waals surface area contributed by atoms with Gasteiger partial charge in [0.1, 0.15) is 4.21 Å². The first-order valence-electron chi connectivity index (χ1n) is 7.29. The Bertz CT molecular complexity index is 906. The normalized spacial score (nSPS) is 16.2. The number of amides is 1. The molecule has 10 heteroatoms. The molecule has 2 aromatic rings. The number of sulfonamides is 1. The smallest absolute Gasteiger partial charge is 0.255 e. The molecule has 0 saturated carbocycles. The van der Waals surface area contributed by atoms with E-state index in [9.17, 15) is 13.2 Å². The maximum absolute atomic E-state index is 12.6. The molecule has 0 bridgehead atoms. The summed E-state index contributed by atoms with van der Waals surface area (Å²) >= 11 is 18.8. The van der Waals surface area contributed by atoms with Gasteiger partial charge in [-0.2, -0.15) is 4.31 Å². The SMILES string of the molecule is O=C(c1cc(Cl)ccc1Cl)N1CCN(S(=O)(=O)c2ccc(Cl)s2)CC1. The van der Waals surface area contributed by atoms with Crippen LogP contribution in [-0.2, 0) is 10.0 Å². The van der Waals surface area contributed by atoms with Crippen LogP contribution < -0.4 is 0 Å². The Morgan fingerprint density at radius 2 is 1.68 bits per heavy atom. The number of nitrogens with zero attached hydrogens (tertiary/aromatic N) is 2. The lowest BCUT2D eigenvalue weighted by molar-refractivity contribution is 0.0698. The maximum Gasteiger partial charge on any atom is 0.255 e. The number of carbonyl (C=O) groups is 1. The summed E-state index contributed by atoms with van der Waals surface area (Å²) in [6.45, 7) is 0.976. The standard InChI is InChI=1S/C15H13Cl3N2O3S2/c16-10-1-2-12(17)11(9-10)15(21)19-5-7-20(8-6-19)25(22,23)14-4-3-13(18)24-14/h1-4,9H,5-8H2. The van der Waals surface area contributed by atoms with E-state index in [1.807, 2.05) is 0 Å². The van der Waals surface area contributed by atoms with Crippen LogP contribution in [0.1, 0.15) is 10.4 Å². The Labute approximate surface area is 164 Å². The van der Waals surface area contributed by atoms with Crippen LogP contribution in [0.2, 0.25) is 14.4 Å². The van der Waals surface area contributed by atoms with E-state index in [1.165, 1.54) is 16.4 Å². The zero-order valence-electron chi connectivity index (χ0n) is 12.8. The van der Waals surface area contributed by atoms with E-state index in [2.05, 4.69) is 0 Å². The topological polar surface area (TPSA) is 57.7 Å². The molecule has 1 aliphatic heterocycles. The molecule has 0 aliphatic carbocycles. The predicted octanol–water partition coefficient (Wildman–Crippen LogP) is 3.86. The molecule has 1 fully saturated rings. The molecular formula is C15H13Cl3N2O3S2. The molecular weight excluding hydrogens is 427 g/mol. The van der Waals surface area contributed by atoms with Crippen molar-refractivity contribution in [3.8, 4) is 0 Å². The van der Waals surface area contributed by atoms with E-state index in [4.69, 9.17) is 34.8 Å². The van der Waals surface area contributed by atoms with Gasteiger partial charge in [-0.3, -0.25) is 4.79 Å². The van der Waals surface area contributed by atoms with Gasteiger partial charge in [0, 0.05) is 31.2 Å². The van der Waals surface area contributed by atoms with Gasteiger partial charge in [-0.1, -0.05) is 34.8 Å². The first-order chi connectivity index (χ1) is 11.8. The van der Waals surface area contributed by atoms with Crippen LogP contribution >= 0.6 is 46.1 Å². The molecule has 1 aromatic carbocycles. The molecule has 5 nitrogen and oxygen atoms in total. The molecule has 134 valence electrons. The van der Waals surface area contributed by atoms with Crippen LogP contribution in [0.3, 0.4) is 0 Å². The zero-order chi connectivity index (χ0) is 18.2. The van der Waals surface area contributed by atoms with Crippen LogP contribution in [-0.4, -0.2) is 49.7 Å². The fraction of sp³-hybridized carbons (Fsp3) is 0.267. The van der Waals surface area contributed by atoms with Crippen LogP contribution in [0.4, 0.5) is 0 Å². The second-order valence-electron chi connectivity index (χ2n) is 5.38.